The second-order valence-corrected chi connectivity index (χ2v) is 4.97. The van der Waals surface area contributed by atoms with Gasteiger partial charge in [0.1, 0.15) is 5.82 Å². The zero-order valence-corrected chi connectivity index (χ0v) is 11.9. The molecule has 2 aromatic carbocycles. The third-order valence-corrected chi connectivity index (χ3v) is 3.17. The minimum absolute atomic E-state index is 0.239. The molecular formula is C16H9BrFNO. The molecule has 0 fully saturated rings. The maximum absolute atomic E-state index is 13.6. The summed E-state index contributed by atoms with van der Waals surface area (Å²) in [6.45, 7) is 0. The average Bonchev–Trinajstić information content (AvgIpc) is 2.46. The molecule has 98 valence electrons. The molecule has 20 heavy (non-hydrogen) atoms. The predicted octanol–water partition coefficient (Wildman–Crippen LogP) is 4.36. The van der Waals surface area contributed by atoms with Crippen LogP contribution in [0.4, 0.5) is 4.39 Å². The molecule has 4 heteroatoms. The van der Waals surface area contributed by atoms with E-state index in [0.29, 0.717) is 21.2 Å². The molecule has 0 aliphatic rings. The first-order valence-corrected chi connectivity index (χ1v) is 6.57. The van der Waals surface area contributed by atoms with Crippen LogP contribution >= 0.6 is 15.9 Å². The average molecular weight is 330 g/mol. The van der Waals surface area contributed by atoms with E-state index in [9.17, 15) is 9.18 Å². The van der Waals surface area contributed by atoms with Gasteiger partial charge in [-0.15, -0.1) is 0 Å². The Kier molecular flexibility index (Phi) is 4.44. The van der Waals surface area contributed by atoms with Gasteiger partial charge in [0, 0.05) is 15.6 Å². The van der Waals surface area contributed by atoms with E-state index in [4.69, 9.17) is 5.26 Å². The number of nitriles is 1. The van der Waals surface area contributed by atoms with Gasteiger partial charge in [-0.1, -0.05) is 22.0 Å². The second kappa shape index (κ2) is 6.27. The van der Waals surface area contributed by atoms with Crippen molar-refractivity contribution in [2.45, 2.75) is 0 Å². The highest BCUT2D eigenvalue weighted by Crippen LogP contribution is 2.16. The maximum atomic E-state index is 13.6. The lowest BCUT2D eigenvalue weighted by atomic mass is 10.1. The molecule has 2 nitrogen and oxygen atoms in total. The van der Waals surface area contributed by atoms with Crippen molar-refractivity contribution < 1.29 is 9.18 Å². The van der Waals surface area contributed by atoms with Crippen molar-refractivity contribution in [3.8, 4) is 6.07 Å². The van der Waals surface area contributed by atoms with Crippen molar-refractivity contribution >= 4 is 27.8 Å². The molecule has 0 unspecified atom stereocenters. The number of hydrogen-bond donors (Lipinski definition) is 0. The van der Waals surface area contributed by atoms with Gasteiger partial charge >= 0.3 is 0 Å². The summed E-state index contributed by atoms with van der Waals surface area (Å²) in [6, 6.07) is 12.9. The highest BCUT2D eigenvalue weighted by Gasteiger charge is 2.03. The lowest BCUT2D eigenvalue weighted by Gasteiger charge is -1.98. The molecule has 0 radical (unpaired) electrons. The molecule has 0 aliphatic heterocycles. The Hall–Kier alpha value is -2.25. The Bertz CT molecular complexity index is 714. The summed E-state index contributed by atoms with van der Waals surface area (Å²) in [5.41, 5.74) is 1.29. The number of benzene rings is 2. The normalized spacial score (nSPS) is 10.4. The fourth-order valence-electron chi connectivity index (χ4n) is 1.61. The van der Waals surface area contributed by atoms with Gasteiger partial charge in [0.25, 0.3) is 0 Å². The van der Waals surface area contributed by atoms with Crippen LogP contribution in [0.3, 0.4) is 0 Å². The zero-order chi connectivity index (χ0) is 14.5. The van der Waals surface area contributed by atoms with Crippen molar-refractivity contribution in [2.75, 3.05) is 0 Å². The maximum Gasteiger partial charge on any atom is 0.185 e. The number of ketones is 1. The van der Waals surface area contributed by atoms with E-state index < -0.39 is 5.82 Å². The van der Waals surface area contributed by atoms with Gasteiger partial charge in [-0.25, -0.2) is 4.39 Å². The minimum Gasteiger partial charge on any atom is -0.289 e. The Balaban J connectivity index is 2.18. The number of allylic oxidation sites excluding steroid dienone is 1. The van der Waals surface area contributed by atoms with E-state index in [1.165, 1.54) is 18.2 Å². The van der Waals surface area contributed by atoms with Crippen LogP contribution in [-0.4, -0.2) is 5.78 Å². The first-order valence-electron chi connectivity index (χ1n) is 5.78. The lowest BCUT2D eigenvalue weighted by molar-refractivity contribution is 0.104. The lowest BCUT2D eigenvalue weighted by Crippen LogP contribution is -1.94. The number of hydrogen-bond acceptors (Lipinski definition) is 2. The number of nitrogens with zero attached hydrogens (tertiary/aromatic N) is 1. The standard InChI is InChI=1S/C16H9BrFNO/c17-14-7-5-12(15(18)9-14)6-8-16(20)13-3-1-11(10-19)2-4-13/h1-9H. The van der Waals surface area contributed by atoms with E-state index in [1.807, 2.05) is 6.07 Å². The summed E-state index contributed by atoms with van der Waals surface area (Å²) in [4.78, 5) is 11.9. The summed E-state index contributed by atoms with van der Waals surface area (Å²) >= 11 is 3.17. The first kappa shape index (κ1) is 14.2. The Morgan fingerprint density at radius 2 is 1.90 bits per heavy atom. The highest BCUT2D eigenvalue weighted by molar-refractivity contribution is 9.10. The van der Waals surface area contributed by atoms with Crippen LogP contribution in [0.5, 0.6) is 0 Å². The van der Waals surface area contributed by atoms with Crippen LogP contribution < -0.4 is 0 Å². The van der Waals surface area contributed by atoms with Crippen LogP contribution in [0.25, 0.3) is 6.08 Å². The number of halogens is 2. The third kappa shape index (κ3) is 3.40. The molecule has 0 spiro atoms. The fourth-order valence-corrected chi connectivity index (χ4v) is 1.94. The third-order valence-electron chi connectivity index (χ3n) is 2.68. The predicted molar refractivity (Wildman–Crippen MR) is 78.6 cm³/mol. The van der Waals surface area contributed by atoms with Gasteiger partial charge in [-0.2, -0.15) is 5.26 Å². The molecule has 0 aliphatic carbocycles. The molecule has 0 saturated heterocycles. The monoisotopic (exact) mass is 329 g/mol. The summed E-state index contributed by atoms with van der Waals surface area (Å²) in [5, 5.41) is 8.68. The second-order valence-electron chi connectivity index (χ2n) is 4.05. The van der Waals surface area contributed by atoms with Gasteiger partial charge in [-0.05, 0) is 48.6 Å². The molecule has 2 aromatic rings. The molecule has 0 heterocycles. The van der Waals surface area contributed by atoms with Crippen LogP contribution in [-0.2, 0) is 0 Å². The quantitative estimate of drug-likeness (QED) is 0.620. The largest absolute Gasteiger partial charge is 0.289 e. The van der Waals surface area contributed by atoms with Crippen molar-refractivity contribution in [3.63, 3.8) is 0 Å². The van der Waals surface area contributed by atoms with Crippen molar-refractivity contribution in [3.05, 3.63) is 75.5 Å². The number of rotatable bonds is 3. The van der Waals surface area contributed by atoms with Crippen LogP contribution in [0.1, 0.15) is 21.5 Å². The molecule has 0 bridgehead atoms. The van der Waals surface area contributed by atoms with E-state index >= 15 is 0 Å². The highest BCUT2D eigenvalue weighted by atomic mass is 79.9. The molecule has 2 rings (SSSR count). The molecule has 0 amide bonds. The van der Waals surface area contributed by atoms with Gasteiger partial charge in [-0.3, -0.25) is 4.79 Å². The Morgan fingerprint density at radius 3 is 2.50 bits per heavy atom. The molecule has 0 N–H and O–H groups in total. The first-order chi connectivity index (χ1) is 9.60. The van der Waals surface area contributed by atoms with Gasteiger partial charge in [0.15, 0.2) is 5.78 Å². The van der Waals surface area contributed by atoms with Crippen LogP contribution in [0.15, 0.2) is 53.0 Å². The van der Waals surface area contributed by atoms with E-state index in [2.05, 4.69) is 15.9 Å². The molecule has 0 aromatic heterocycles. The van der Waals surface area contributed by atoms with E-state index in [-0.39, 0.29) is 5.78 Å². The Morgan fingerprint density at radius 1 is 1.20 bits per heavy atom. The summed E-state index contributed by atoms with van der Waals surface area (Å²) in [5.74, 6) is -0.639. The summed E-state index contributed by atoms with van der Waals surface area (Å²) in [7, 11) is 0. The van der Waals surface area contributed by atoms with Crippen LogP contribution in [0, 0.1) is 17.1 Å². The zero-order valence-electron chi connectivity index (χ0n) is 10.3. The van der Waals surface area contributed by atoms with E-state index in [0.717, 1.165) is 0 Å². The van der Waals surface area contributed by atoms with Gasteiger partial charge in [0.2, 0.25) is 0 Å². The minimum atomic E-state index is -0.400. The SMILES string of the molecule is N#Cc1ccc(C(=O)C=Cc2ccc(Br)cc2F)cc1. The van der Waals surface area contributed by atoms with E-state index in [1.54, 1.807) is 36.4 Å². The molecule has 0 atom stereocenters. The fraction of sp³-hybridized carbons (Fsp3) is 0. The van der Waals surface area contributed by atoms with Crippen molar-refractivity contribution in [2.24, 2.45) is 0 Å². The van der Waals surface area contributed by atoms with Gasteiger partial charge < -0.3 is 0 Å². The molecule has 0 saturated carbocycles. The Labute approximate surface area is 124 Å². The summed E-state index contributed by atoms with van der Waals surface area (Å²) < 4.78 is 14.2. The van der Waals surface area contributed by atoms with Crippen molar-refractivity contribution in [1.82, 2.24) is 0 Å². The summed E-state index contributed by atoms with van der Waals surface area (Å²) in [6.07, 6.45) is 2.75. The topological polar surface area (TPSA) is 40.9 Å². The number of carbonyl (C=O) groups excluding carboxylic acids is 1. The molecular weight excluding hydrogens is 321 g/mol. The van der Waals surface area contributed by atoms with Crippen molar-refractivity contribution in [1.29, 1.82) is 5.26 Å². The number of carbonyl (C=O) groups is 1. The van der Waals surface area contributed by atoms with Crippen LogP contribution in [0.2, 0.25) is 0 Å². The smallest absolute Gasteiger partial charge is 0.185 e. The van der Waals surface area contributed by atoms with Gasteiger partial charge in [0.05, 0.1) is 11.6 Å².